The van der Waals surface area contributed by atoms with Crippen molar-refractivity contribution in [3.8, 4) is 11.1 Å². The Kier molecular flexibility index (Phi) is 10.9. The van der Waals surface area contributed by atoms with Crippen LogP contribution in [0.4, 0.5) is 11.4 Å². The lowest BCUT2D eigenvalue weighted by atomic mass is 10.0. The van der Waals surface area contributed by atoms with E-state index in [-0.39, 0.29) is 43.1 Å². The van der Waals surface area contributed by atoms with E-state index in [2.05, 4.69) is 57.3 Å². The molecule has 0 bridgehead atoms. The maximum Gasteiger partial charge on any atom is 0.254 e. The number of carbonyl (C=O) groups is 1. The second-order valence-electron chi connectivity index (χ2n) is 8.88. The van der Waals surface area contributed by atoms with Crippen molar-refractivity contribution in [2.24, 2.45) is 0 Å². The first kappa shape index (κ1) is 30.0. The molecule has 0 atom stereocenters. The first-order valence-electron chi connectivity index (χ1n) is 11.6. The molecular weight excluding hydrogens is 529 g/mol. The topological polar surface area (TPSA) is 55.5 Å². The molecule has 5 rings (SSSR count). The minimum absolute atomic E-state index is 0. The van der Waals surface area contributed by atoms with Crippen LogP contribution in [0, 0.1) is 0 Å². The number of nitrogens with one attached hydrogen (secondary N) is 1. The lowest BCUT2D eigenvalue weighted by Gasteiger charge is -2.24. The second-order valence-corrected chi connectivity index (χ2v) is 8.88. The predicted molar refractivity (Wildman–Crippen MR) is 159 cm³/mol. The van der Waals surface area contributed by atoms with Crippen LogP contribution < -0.4 is 9.80 Å². The number of rotatable bonds is 5. The molecule has 0 saturated heterocycles. The highest BCUT2D eigenvalue weighted by Crippen LogP contribution is 2.32. The highest BCUT2D eigenvalue weighted by Gasteiger charge is 2.25. The molecule has 0 saturated carbocycles. The Morgan fingerprint density at radius 3 is 2.41 bits per heavy atom. The molecule has 0 aliphatic carbocycles. The summed E-state index contributed by atoms with van der Waals surface area (Å²) in [6.07, 6.45) is 3.57. The fraction of sp³-hybridized carbons (Fsp3) is 0.214. The van der Waals surface area contributed by atoms with Crippen LogP contribution in [0.25, 0.3) is 11.1 Å². The number of anilines is 2. The first-order valence-corrected chi connectivity index (χ1v) is 11.6. The Morgan fingerprint density at radius 2 is 1.70 bits per heavy atom. The van der Waals surface area contributed by atoms with Gasteiger partial charge in [-0.1, -0.05) is 42.5 Å². The molecule has 1 aliphatic heterocycles. The first-order chi connectivity index (χ1) is 16.6. The maximum atomic E-state index is 13.6. The smallest absolute Gasteiger partial charge is 0.254 e. The fourth-order valence-electron chi connectivity index (χ4n) is 4.49. The van der Waals surface area contributed by atoms with E-state index in [0.717, 1.165) is 41.3 Å². The molecule has 37 heavy (non-hydrogen) atoms. The summed E-state index contributed by atoms with van der Waals surface area (Å²) >= 11 is 0. The molecule has 0 unspecified atom stereocenters. The second kappa shape index (κ2) is 13.4. The highest BCUT2D eigenvalue weighted by atomic mass is 35.5. The average molecular weight is 561 g/mol. The van der Waals surface area contributed by atoms with E-state index in [0.29, 0.717) is 18.7 Å². The van der Waals surface area contributed by atoms with Gasteiger partial charge in [0, 0.05) is 56.9 Å². The van der Waals surface area contributed by atoms with Crippen LogP contribution in [-0.2, 0) is 13.1 Å². The summed E-state index contributed by atoms with van der Waals surface area (Å²) in [4.78, 5) is 27.3. The van der Waals surface area contributed by atoms with Gasteiger partial charge in [-0.25, -0.2) is 4.98 Å². The number of carbonyl (C=O) groups excluding carboxylic acids is 1. The van der Waals surface area contributed by atoms with Crippen molar-refractivity contribution in [3.63, 3.8) is 0 Å². The van der Waals surface area contributed by atoms with Crippen molar-refractivity contribution in [1.82, 2.24) is 14.9 Å². The molecule has 4 aromatic rings. The van der Waals surface area contributed by atoms with Crippen LogP contribution in [-0.4, -0.2) is 48.0 Å². The van der Waals surface area contributed by atoms with Crippen molar-refractivity contribution in [1.29, 1.82) is 0 Å². The van der Waals surface area contributed by atoms with E-state index in [4.69, 9.17) is 0 Å². The standard InChI is InChI=1S/C28H29N5O.3ClH/c1-31(2)26-10-6-9-23(16-26)28(34)33-14-13-32(19-25-17-29-20-30-25)27-12-11-22(15-24(27)18-33)21-7-4-3-5-8-21;;;/h3-12,15-17,20H,13-14,18-19H2,1-2H3,(H,29,30);3*1H. The van der Waals surface area contributed by atoms with Gasteiger partial charge >= 0.3 is 0 Å². The molecule has 1 amide bonds. The summed E-state index contributed by atoms with van der Waals surface area (Å²) in [7, 11) is 3.98. The van der Waals surface area contributed by atoms with Gasteiger partial charge in [-0.05, 0) is 47.0 Å². The van der Waals surface area contributed by atoms with Crippen molar-refractivity contribution in [2.75, 3.05) is 37.0 Å². The molecular formula is C28H32Cl3N5O. The number of aromatic nitrogens is 2. The van der Waals surface area contributed by atoms with Crippen molar-refractivity contribution in [3.05, 3.63) is 102 Å². The zero-order chi connectivity index (χ0) is 23.5. The van der Waals surface area contributed by atoms with Crippen molar-refractivity contribution < 1.29 is 4.79 Å². The number of aromatic amines is 1. The van der Waals surface area contributed by atoms with E-state index < -0.39 is 0 Å². The van der Waals surface area contributed by atoms with Crippen LogP contribution >= 0.6 is 37.2 Å². The molecule has 6 nitrogen and oxygen atoms in total. The quantitative estimate of drug-likeness (QED) is 0.322. The normalized spacial score (nSPS) is 12.3. The molecule has 9 heteroatoms. The molecule has 0 radical (unpaired) electrons. The Bertz CT molecular complexity index is 1280. The van der Waals surface area contributed by atoms with Gasteiger partial charge in [0.1, 0.15) is 0 Å². The van der Waals surface area contributed by atoms with Gasteiger partial charge in [-0.2, -0.15) is 0 Å². The van der Waals surface area contributed by atoms with Gasteiger partial charge in [0.2, 0.25) is 0 Å². The summed E-state index contributed by atoms with van der Waals surface area (Å²) in [6.45, 7) is 2.68. The Labute approximate surface area is 236 Å². The van der Waals surface area contributed by atoms with Gasteiger partial charge in [0.15, 0.2) is 0 Å². The number of amides is 1. The SMILES string of the molecule is CN(C)c1cccc(C(=O)N2CCN(Cc3cnc[nH]3)c3ccc(-c4ccccc4)cc3C2)c1.Cl.Cl.Cl. The lowest BCUT2D eigenvalue weighted by Crippen LogP contribution is -2.35. The maximum absolute atomic E-state index is 13.6. The van der Waals surface area contributed by atoms with E-state index >= 15 is 0 Å². The third-order valence-corrected chi connectivity index (χ3v) is 6.34. The van der Waals surface area contributed by atoms with E-state index in [1.807, 2.05) is 60.4 Å². The van der Waals surface area contributed by atoms with Gasteiger partial charge in [0.25, 0.3) is 5.91 Å². The number of hydrogen-bond acceptors (Lipinski definition) is 4. The Morgan fingerprint density at radius 1 is 0.919 bits per heavy atom. The molecule has 0 fully saturated rings. The van der Waals surface area contributed by atoms with E-state index in [1.54, 1.807) is 6.33 Å². The minimum Gasteiger partial charge on any atom is -0.378 e. The van der Waals surface area contributed by atoms with Crippen molar-refractivity contribution in [2.45, 2.75) is 13.1 Å². The van der Waals surface area contributed by atoms with Crippen molar-refractivity contribution >= 4 is 54.5 Å². The summed E-state index contributed by atoms with van der Waals surface area (Å²) < 4.78 is 0. The van der Waals surface area contributed by atoms with Gasteiger partial charge in [0.05, 0.1) is 18.6 Å². The minimum atomic E-state index is 0. The number of nitrogens with zero attached hydrogens (tertiary/aromatic N) is 4. The molecule has 1 aromatic heterocycles. The third kappa shape index (κ3) is 6.77. The number of fused-ring (bicyclic) bond motifs is 1. The number of imidazole rings is 1. The molecule has 1 N–H and O–H groups in total. The van der Waals surface area contributed by atoms with Crippen LogP contribution in [0.5, 0.6) is 0 Å². The number of halogens is 3. The average Bonchev–Trinajstić information content (AvgIpc) is 3.32. The van der Waals surface area contributed by atoms with Crippen LogP contribution in [0.3, 0.4) is 0 Å². The zero-order valence-corrected chi connectivity index (χ0v) is 23.3. The van der Waals surface area contributed by atoms with E-state index in [1.165, 1.54) is 5.56 Å². The molecule has 3 aromatic carbocycles. The highest BCUT2D eigenvalue weighted by molar-refractivity contribution is 5.95. The predicted octanol–water partition coefficient (Wildman–Crippen LogP) is 6.07. The van der Waals surface area contributed by atoms with Crippen LogP contribution in [0.2, 0.25) is 0 Å². The Balaban J connectivity index is 0.00000160. The van der Waals surface area contributed by atoms with Gasteiger partial charge < -0.3 is 19.7 Å². The lowest BCUT2D eigenvalue weighted by molar-refractivity contribution is 0.0751. The number of hydrogen-bond donors (Lipinski definition) is 1. The van der Waals surface area contributed by atoms with E-state index in [9.17, 15) is 4.79 Å². The number of H-pyrrole nitrogens is 1. The van der Waals surface area contributed by atoms with Crippen LogP contribution in [0.15, 0.2) is 85.3 Å². The molecule has 196 valence electrons. The van der Waals surface area contributed by atoms with Gasteiger partial charge in [-0.3, -0.25) is 4.79 Å². The third-order valence-electron chi connectivity index (χ3n) is 6.34. The van der Waals surface area contributed by atoms with Crippen LogP contribution in [0.1, 0.15) is 21.6 Å². The largest absolute Gasteiger partial charge is 0.378 e. The summed E-state index contributed by atoms with van der Waals surface area (Å²) in [5, 5.41) is 0. The monoisotopic (exact) mass is 559 g/mol. The summed E-state index contributed by atoms with van der Waals surface area (Å²) in [6, 6.07) is 24.8. The zero-order valence-electron chi connectivity index (χ0n) is 20.8. The molecule has 1 aliphatic rings. The summed E-state index contributed by atoms with van der Waals surface area (Å²) in [5.74, 6) is 0.0585. The summed E-state index contributed by atoms with van der Waals surface area (Å²) in [5.41, 5.74) is 7.43. The fourth-order valence-corrected chi connectivity index (χ4v) is 4.49. The molecule has 0 spiro atoms. The number of benzene rings is 3. The Hall–Kier alpha value is -3.19. The molecule has 2 heterocycles. The van der Waals surface area contributed by atoms with Gasteiger partial charge in [-0.15, -0.1) is 37.2 Å².